The highest BCUT2D eigenvalue weighted by molar-refractivity contribution is 6.11. The van der Waals surface area contributed by atoms with E-state index in [1.807, 2.05) is 18.2 Å². The Balaban J connectivity index is 1.65. The molecule has 2 aromatic carbocycles. The Morgan fingerprint density at radius 1 is 1.11 bits per heavy atom. The molecular weight excluding hydrogens is 454 g/mol. The van der Waals surface area contributed by atoms with E-state index in [1.165, 1.54) is 18.1 Å². The molecule has 0 unspecified atom stereocenters. The standard InChI is InChI=1S/C29H27N3O4/c1-16(2)11-12-31-13-19-25(20-15-36-24-10-5-4-7-18(24)28(20)34)27-22(14-32(17(3)33)29(27)35)30-21-8-6-9-23(31)26(19)21/h4-10,13,15-16,25,30H,11-12,14H2,1-3H3/t25-/m1/s1. The van der Waals surface area contributed by atoms with Crippen molar-refractivity contribution < 1.29 is 14.0 Å². The van der Waals surface area contributed by atoms with Gasteiger partial charge in [-0.1, -0.05) is 32.0 Å². The second kappa shape index (κ2) is 8.22. The van der Waals surface area contributed by atoms with Crippen LogP contribution in [-0.2, 0) is 16.1 Å². The van der Waals surface area contributed by atoms with Gasteiger partial charge in [0.05, 0.1) is 35.2 Å². The molecule has 2 amide bonds. The van der Waals surface area contributed by atoms with Crippen LogP contribution in [0.3, 0.4) is 0 Å². The molecular formula is C29H27N3O4. The summed E-state index contributed by atoms with van der Waals surface area (Å²) >= 11 is 0. The fraction of sp³-hybridized carbons (Fsp3) is 0.276. The lowest BCUT2D eigenvalue weighted by Crippen LogP contribution is -2.33. The van der Waals surface area contributed by atoms with Gasteiger partial charge in [0.2, 0.25) is 5.91 Å². The Kier molecular flexibility index (Phi) is 5.10. The van der Waals surface area contributed by atoms with Gasteiger partial charge in [0.25, 0.3) is 5.91 Å². The predicted octanol–water partition coefficient (Wildman–Crippen LogP) is 4.99. The number of hydrogen-bond acceptors (Lipinski definition) is 5. The molecule has 0 radical (unpaired) electrons. The number of aryl methyl sites for hydroxylation is 1. The number of benzene rings is 2. The number of anilines is 1. The second-order valence-electron chi connectivity index (χ2n) is 10.0. The van der Waals surface area contributed by atoms with Gasteiger partial charge in [-0.25, -0.2) is 0 Å². The quantitative estimate of drug-likeness (QED) is 0.444. The number of imide groups is 1. The van der Waals surface area contributed by atoms with Crippen molar-refractivity contribution in [3.8, 4) is 0 Å². The topological polar surface area (TPSA) is 84.6 Å². The summed E-state index contributed by atoms with van der Waals surface area (Å²) in [4.78, 5) is 41.0. The molecule has 2 aromatic heterocycles. The Labute approximate surface area is 208 Å². The molecule has 2 aliphatic heterocycles. The monoisotopic (exact) mass is 481 g/mol. The number of rotatable bonds is 4. The lowest BCUT2D eigenvalue weighted by atomic mass is 9.84. The molecule has 0 fully saturated rings. The van der Waals surface area contributed by atoms with E-state index in [0.717, 1.165) is 35.1 Å². The Morgan fingerprint density at radius 2 is 1.92 bits per heavy atom. The number of aromatic nitrogens is 1. The van der Waals surface area contributed by atoms with Crippen LogP contribution in [0.4, 0.5) is 5.69 Å². The van der Waals surface area contributed by atoms with E-state index in [0.29, 0.717) is 33.7 Å². The first-order chi connectivity index (χ1) is 17.3. The molecule has 2 aliphatic rings. The number of fused-ring (bicyclic) bond motifs is 1. The van der Waals surface area contributed by atoms with Crippen molar-refractivity contribution >= 4 is 39.4 Å². The molecule has 182 valence electrons. The average molecular weight is 482 g/mol. The molecule has 7 heteroatoms. The van der Waals surface area contributed by atoms with Crippen LogP contribution in [0.5, 0.6) is 0 Å². The van der Waals surface area contributed by atoms with E-state index in [9.17, 15) is 14.4 Å². The molecule has 0 bridgehead atoms. The summed E-state index contributed by atoms with van der Waals surface area (Å²) < 4.78 is 8.11. The summed E-state index contributed by atoms with van der Waals surface area (Å²) in [5.74, 6) is -0.847. The highest BCUT2D eigenvalue weighted by Crippen LogP contribution is 2.46. The van der Waals surface area contributed by atoms with Gasteiger partial charge < -0.3 is 14.3 Å². The third-order valence-electron chi connectivity index (χ3n) is 7.28. The first-order valence-corrected chi connectivity index (χ1v) is 12.3. The van der Waals surface area contributed by atoms with E-state index in [1.54, 1.807) is 18.2 Å². The summed E-state index contributed by atoms with van der Waals surface area (Å²) in [5.41, 5.74) is 4.55. The molecule has 4 heterocycles. The molecule has 0 saturated carbocycles. The van der Waals surface area contributed by atoms with Crippen LogP contribution in [0.25, 0.3) is 21.9 Å². The van der Waals surface area contributed by atoms with Gasteiger partial charge >= 0.3 is 0 Å². The van der Waals surface area contributed by atoms with Crippen molar-refractivity contribution in [2.75, 3.05) is 11.9 Å². The summed E-state index contributed by atoms with van der Waals surface area (Å²) in [6.07, 6.45) is 4.54. The largest absolute Gasteiger partial charge is 0.464 e. The third-order valence-corrected chi connectivity index (χ3v) is 7.28. The SMILES string of the molecule is CC(=O)N1CC2=C(C1=O)[C@@H](c1coc3ccccc3c1=O)c1cn(CCC(C)C)c3cccc(c13)N2. The van der Waals surface area contributed by atoms with Gasteiger partial charge in [0.15, 0.2) is 5.43 Å². The molecule has 0 saturated heterocycles. The molecule has 1 atom stereocenters. The Bertz CT molecular complexity index is 1660. The average Bonchev–Trinajstić information content (AvgIpc) is 3.34. The first kappa shape index (κ1) is 22.3. The number of nitrogens with zero attached hydrogens (tertiary/aromatic N) is 2. The fourth-order valence-electron chi connectivity index (χ4n) is 5.47. The zero-order valence-corrected chi connectivity index (χ0v) is 20.5. The number of nitrogens with one attached hydrogen (secondary N) is 1. The second-order valence-corrected chi connectivity index (χ2v) is 10.0. The van der Waals surface area contributed by atoms with Crippen molar-refractivity contribution in [1.29, 1.82) is 0 Å². The van der Waals surface area contributed by atoms with E-state index in [4.69, 9.17) is 4.42 Å². The van der Waals surface area contributed by atoms with E-state index >= 15 is 0 Å². The number of carbonyl (C=O) groups excluding carboxylic acids is 2. The summed E-state index contributed by atoms with van der Waals surface area (Å²) in [7, 11) is 0. The van der Waals surface area contributed by atoms with Crippen LogP contribution >= 0.6 is 0 Å². The van der Waals surface area contributed by atoms with Crippen molar-refractivity contribution in [2.24, 2.45) is 5.92 Å². The van der Waals surface area contributed by atoms with Crippen LogP contribution < -0.4 is 10.7 Å². The molecule has 36 heavy (non-hydrogen) atoms. The minimum atomic E-state index is -0.670. The van der Waals surface area contributed by atoms with Gasteiger partial charge in [-0.3, -0.25) is 19.3 Å². The normalized spacial score (nSPS) is 17.2. The molecule has 0 spiro atoms. The summed E-state index contributed by atoms with van der Waals surface area (Å²) in [6, 6.07) is 13.2. The lowest BCUT2D eigenvalue weighted by Gasteiger charge is -2.19. The third kappa shape index (κ3) is 3.30. The van der Waals surface area contributed by atoms with Crippen LogP contribution in [0.2, 0.25) is 0 Å². The minimum Gasteiger partial charge on any atom is -0.464 e. The fourth-order valence-corrected chi connectivity index (χ4v) is 5.47. The highest BCUT2D eigenvalue weighted by atomic mass is 16.3. The van der Waals surface area contributed by atoms with E-state index in [2.05, 4.69) is 36.0 Å². The zero-order valence-electron chi connectivity index (χ0n) is 20.5. The minimum absolute atomic E-state index is 0.146. The van der Waals surface area contributed by atoms with Crippen LogP contribution in [0, 0.1) is 5.92 Å². The number of para-hydroxylation sites is 1. The maximum absolute atomic E-state index is 13.8. The van der Waals surface area contributed by atoms with E-state index in [-0.39, 0.29) is 23.8 Å². The molecule has 4 aromatic rings. The smallest absolute Gasteiger partial charge is 0.259 e. The Hall–Kier alpha value is -4.13. The number of amides is 2. The van der Waals surface area contributed by atoms with Crippen LogP contribution in [0.1, 0.15) is 44.2 Å². The molecule has 0 aliphatic carbocycles. The number of hydrogen-bond donors (Lipinski definition) is 1. The highest BCUT2D eigenvalue weighted by Gasteiger charge is 2.42. The molecule has 6 rings (SSSR count). The van der Waals surface area contributed by atoms with Crippen molar-refractivity contribution in [3.05, 3.63) is 87.5 Å². The molecule has 7 nitrogen and oxygen atoms in total. The lowest BCUT2D eigenvalue weighted by molar-refractivity contribution is -0.139. The first-order valence-electron chi connectivity index (χ1n) is 12.3. The van der Waals surface area contributed by atoms with Gasteiger partial charge in [-0.2, -0.15) is 0 Å². The van der Waals surface area contributed by atoms with Crippen molar-refractivity contribution in [1.82, 2.24) is 9.47 Å². The Morgan fingerprint density at radius 3 is 2.69 bits per heavy atom. The van der Waals surface area contributed by atoms with Gasteiger partial charge in [0.1, 0.15) is 5.58 Å². The zero-order chi connectivity index (χ0) is 25.1. The van der Waals surface area contributed by atoms with Gasteiger partial charge in [0, 0.05) is 42.0 Å². The maximum atomic E-state index is 13.8. The summed E-state index contributed by atoms with van der Waals surface area (Å²) in [5, 5.41) is 4.90. The van der Waals surface area contributed by atoms with Crippen molar-refractivity contribution in [2.45, 2.75) is 39.7 Å². The maximum Gasteiger partial charge on any atom is 0.259 e. The molecule has 1 N–H and O–H groups in total. The van der Waals surface area contributed by atoms with Gasteiger partial charge in [-0.05, 0) is 42.2 Å². The van der Waals surface area contributed by atoms with Crippen LogP contribution in [-0.4, -0.2) is 27.8 Å². The van der Waals surface area contributed by atoms with E-state index < -0.39 is 5.92 Å². The summed E-state index contributed by atoms with van der Waals surface area (Å²) in [6.45, 7) is 6.73. The van der Waals surface area contributed by atoms with Crippen molar-refractivity contribution in [3.63, 3.8) is 0 Å². The van der Waals surface area contributed by atoms with Gasteiger partial charge in [-0.15, -0.1) is 0 Å². The van der Waals surface area contributed by atoms with Crippen LogP contribution in [0.15, 0.2) is 75.4 Å². The predicted molar refractivity (Wildman–Crippen MR) is 139 cm³/mol. The number of carbonyl (C=O) groups is 2.